The number of fused-ring (bicyclic) bond motifs is 1. The number of aromatic nitrogens is 1. The fraction of sp³-hybridized carbons (Fsp3) is 0.333. The van der Waals surface area contributed by atoms with Crippen molar-refractivity contribution in [2.45, 2.75) is 32.2 Å². The van der Waals surface area contributed by atoms with Crippen molar-refractivity contribution >= 4 is 38.2 Å². The highest BCUT2D eigenvalue weighted by Crippen LogP contribution is 2.28. The Balaban J connectivity index is 1.87. The lowest BCUT2D eigenvalue weighted by Crippen LogP contribution is -2.33. The molecule has 0 radical (unpaired) electrons. The van der Waals surface area contributed by atoms with Crippen LogP contribution in [-0.2, 0) is 26.0 Å². The van der Waals surface area contributed by atoms with Gasteiger partial charge < -0.3 is 19.5 Å². The molecule has 3 rings (SSSR count). The van der Waals surface area contributed by atoms with Crippen LogP contribution in [0.3, 0.4) is 0 Å². The molecule has 0 spiro atoms. The highest BCUT2D eigenvalue weighted by atomic mass is 32.2. The molecule has 3 aromatic rings. The molecule has 176 valence electrons. The van der Waals surface area contributed by atoms with Gasteiger partial charge in [-0.15, -0.1) is 0 Å². The molecule has 1 heterocycles. The highest BCUT2D eigenvalue weighted by molar-refractivity contribution is 7.92. The average Bonchev–Trinajstić information content (AvgIpc) is 3.15. The molecular weight excluding hydrogens is 442 g/mol. The van der Waals surface area contributed by atoms with E-state index in [1.807, 2.05) is 20.8 Å². The van der Waals surface area contributed by atoms with E-state index in [1.165, 1.54) is 6.20 Å². The van der Waals surface area contributed by atoms with Gasteiger partial charge in [-0.3, -0.25) is 9.59 Å². The van der Waals surface area contributed by atoms with Gasteiger partial charge in [-0.2, -0.15) is 0 Å². The molecule has 0 atom stereocenters. The number of nitrogens with one attached hydrogen (secondary N) is 1. The summed E-state index contributed by atoms with van der Waals surface area (Å²) in [7, 11) is -3.98. The zero-order chi connectivity index (χ0) is 24.0. The molecule has 0 saturated carbocycles. The fourth-order valence-corrected chi connectivity index (χ4v) is 5.07. The van der Waals surface area contributed by atoms with E-state index in [-0.39, 0.29) is 17.3 Å². The molecule has 0 aliphatic heterocycles. The molecule has 0 saturated heterocycles. The summed E-state index contributed by atoms with van der Waals surface area (Å²) in [6.45, 7) is 7.19. The monoisotopic (exact) mass is 471 g/mol. The van der Waals surface area contributed by atoms with Crippen LogP contribution in [0, 0.1) is 0 Å². The maximum Gasteiger partial charge on any atom is 0.242 e. The number of amides is 2. The van der Waals surface area contributed by atoms with Gasteiger partial charge in [0.25, 0.3) is 0 Å². The molecule has 9 heteroatoms. The van der Waals surface area contributed by atoms with Crippen LogP contribution in [0.5, 0.6) is 5.75 Å². The van der Waals surface area contributed by atoms with Crippen LogP contribution in [0.2, 0.25) is 0 Å². The van der Waals surface area contributed by atoms with Crippen LogP contribution in [0.15, 0.2) is 59.6 Å². The summed E-state index contributed by atoms with van der Waals surface area (Å²) in [6, 6.07) is 13.8. The fourth-order valence-electron chi connectivity index (χ4n) is 3.70. The SMILES string of the molecule is CCOc1ccccc1NC(=O)CS(=O)(=O)c1cn(CC(=O)N(CC)CC)c2ccccc12. The van der Waals surface area contributed by atoms with Gasteiger partial charge in [0.15, 0.2) is 9.84 Å². The Hall–Kier alpha value is -3.33. The predicted octanol–water partition coefficient (Wildman–Crippen LogP) is 3.32. The number of rotatable bonds is 10. The number of benzene rings is 2. The minimum atomic E-state index is -3.98. The second kappa shape index (κ2) is 10.5. The van der Waals surface area contributed by atoms with Gasteiger partial charge >= 0.3 is 0 Å². The van der Waals surface area contributed by atoms with Crippen molar-refractivity contribution in [1.29, 1.82) is 0 Å². The molecule has 2 aromatic carbocycles. The maximum absolute atomic E-state index is 13.2. The third-order valence-electron chi connectivity index (χ3n) is 5.29. The van der Waals surface area contributed by atoms with Gasteiger partial charge in [0.05, 0.1) is 17.2 Å². The van der Waals surface area contributed by atoms with Crippen LogP contribution in [0.4, 0.5) is 5.69 Å². The number of carbonyl (C=O) groups is 2. The lowest BCUT2D eigenvalue weighted by Gasteiger charge is -2.19. The zero-order valence-electron chi connectivity index (χ0n) is 19.1. The Labute approximate surface area is 194 Å². The standard InChI is InChI=1S/C24H29N3O5S/c1-4-26(5-2)24(29)16-27-15-22(18-11-7-9-13-20(18)27)33(30,31)17-23(28)25-19-12-8-10-14-21(19)32-6-3/h7-15H,4-6,16-17H2,1-3H3,(H,25,28). The number of para-hydroxylation sites is 3. The molecule has 1 aromatic heterocycles. The molecule has 0 fully saturated rings. The van der Waals surface area contributed by atoms with Crippen molar-refractivity contribution < 1.29 is 22.7 Å². The number of carbonyl (C=O) groups excluding carboxylic acids is 2. The summed E-state index contributed by atoms with van der Waals surface area (Å²) in [5, 5.41) is 3.11. The van der Waals surface area contributed by atoms with E-state index in [0.29, 0.717) is 42.0 Å². The van der Waals surface area contributed by atoms with Crippen molar-refractivity contribution in [3.05, 3.63) is 54.7 Å². The number of hydrogen-bond donors (Lipinski definition) is 1. The summed E-state index contributed by atoms with van der Waals surface area (Å²) < 4.78 is 33.5. The topological polar surface area (TPSA) is 97.7 Å². The molecule has 0 unspecified atom stereocenters. The molecular formula is C24H29N3O5S. The van der Waals surface area contributed by atoms with Gasteiger partial charge in [-0.1, -0.05) is 30.3 Å². The molecule has 0 aliphatic rings. The van der Waals surface area contributed by atoms with Gasteiger partial charge in [0.1, 0.15) is 18.0 Å². The second-order valence-electron chi connectivity index (χ2n) is 7.44. The molecule has 0 bridgehead atoms. The lowest BCUT2D eigenvalue weighted by atomic mass is 10.2. The van der Waals surface area contributed by atoms with Gasteiger partial charge in [-0.05, 0) is 39.0 Å². The van der Waals surface area contributed by atoms with Crippen LogP contribution in [0.25, 0.3) is 10.9 Å². The van der Waals surface area contributed by atoms with E-state index in [2.05, 4.69) is 5.32 Å². The number of ether oxygens (including phenoxy) is 1. The number of hydrogen-bond acceptors (Lipinski definition) is 5. The van der Waals surface area contributed by atoms with Crippen molar-refractivity contribution in [1.82, 2.24) is 9.47 Å². The van der Waals surface area contributed by atoms with Gasteiger partial charge in [0.2, 0.25) is 11.8 Å². The van der Waals surface area contributed by atoms with Gasteiger partial charge in [0, 0.05) is 30.2 Å². The van der Waals surface area contributed by atoms with E-state index >= 15 is 0 Å². The highest BCUT2D eigenvalue weighted by Gasteiger charge is 2.25. The Morgan fingerprint density at radius 3 is 2.36 bits per heavy atom. The van der Waals surface area contributed by atoms with Crippen molar-refractivity contribution in [3.63, 3.8) is 0 Å². The Bertz CT molecular complexity index is 1250. The first-order chi connectivity index (χ1) is 15.8. The van der Waals surface area contributed by atoms with E-state index < -0.39 is 21.5 Å². The quantitative estimate of drug-likeness (QED) is 0.489. The zero-order valence-corrected chi connectivity index (χ0v) is 19.9. The van der Waals surface area contributed by atoms with E-state index in [9.17, 15) is 18.0 Å². The second-order valence-corrected chi connectivity index (χ2v) is 9.40. The first-order valence-corrected chi connectivity index (χ1v) is 12.6. The Kier molecular flexibility index (Phi) is 7.75. The summed E-state index contributed by atoms with van der Waals surface area (Å²) in [5.74, 6) is -1.03. The van der Waals surface area contributed by atoms with Crippen molar-refractivity contribution in [3.8, 4) is 5.75 Å². The Morgan fingerprint density at radius 2 is 1.67 bits per heavy atom. The largest absolute Gasteiger partial charge is 0.492 e. The molecule has 1 N–H and O–H groups in total. The molecule has 33 heavy (non-hydrogen) atoms. The maximum atomic E-state index is 13.2. The number of sulfone groups is 1. The molecule has 2 amide bonds. The normalized spacial score (nSPS) is 11.4. The van der Waals surface area contributed by atoms with Crippen LogP contribution >= 0.6 is 0 Å². The summed E-state index contributed by atoms with van der Waals surface area (Å²) in [5.41, 5.74) is 1.03. The van der Waals surface area contributed by atoms with Crippen LogP contribution in [0.1, 0.15) is 20.8 Å². The number of nitrogens with zero attached hydrogens (tertiary/aromatic N) is 2. The molecule has 0 aliphatic carbocycles. The predicted molar refractivity (Wildman–Crippen MR) is 128 cm³/mol. The van der Waals surface area contributed by atoms with Crippen LogP contribution < -0.4 is 10.1 Å². The Morgan fingerprint density at radius 1 is 1.00 bits per heavy atom. The minimum absolute atomic E-state index is 0.0195. The average molecular weight is 472 g/mol. The van der Waals surface area contributed by atoms with Crippen LogP contribution in [-0.4, -0.2) is 55.1 Å². The first kappa shape index (κ1) is 24.3. The van der Waals surface area contributed by atoms with Crippen molar-refractivity contribution in [2.24, 2.45) is 0 Å². The third-order valence-corrected chi connectivity index (χ3v) is 6.93. The van der Waals surface area contributed by atoms with Gasteiger partial charge in [-0.25, -0.2) is 8.42 Å². The van der Waals surface area contributed by atoms with Crippen molar-refractivity contribution in [2.75, 3.05) is 30.8 Å². The van der Waals surface area contributed by atoms with E-state index in [1.54, 1.807) is 58.0 Å². The summed E-state index contributed by atoms with van der Waals surface area (Å²) in [6.07, 6.45) is 1.45. The summed E-state index contributed by atoms with van der Waals surface area (Å²) >= 11 is 0. The summed E-state index contributed by atoms with van der Waals surface area (Å²) in [4.78, 5) is 27.0. The molecule has 8 nitrogen and oxygen atoms in total. The van der Waals surface area contributed by atoms with E-state index in [4.69, 9.17) is 4.74 Å². The smallest absolute Gasteiger partial charge is 0.242 e. The number of likely N-dealkylation sites (N-methyl/N-ethyl adjacent to an activating group) is 1. The van der Waals surface area contributed by atoms with E-state index in [0.717, 1.165) is 0 Å². The minimum Gasteiger partial charge on any atom is -0.492 e. The number of anilines is 1. The first-order valence-electron chi connectivity index (χ1n) is 10.9. The lowest BCUT2D eigenvalue weighted by molar-refractivity contribution is -0.131. The third kappa shape index (κ3) is 5.54.